The van der Waals surface area contributed by atoms with E-state index in [1.165, 1.54) is 18.3 Å². The van der Waals surface area contributed by atoms with Crippen LogP contribution in [0.1, 0.15) is 41.1 Å². The molecule has 0 fully saturated rings. The quantitative estimate of drug-likeness (QED) is 0.544. The lowest BCUT2D eigenvalue weighted by atomic mass is 10.1. The van der Waals surface area contributed by atoms with Gasteiger partial charge in [0.15, 0.2) is 0 Å². The van der Waals surface area contributed by atoms with Crippen LogP contribution in [-0.2, 0) is 27.2 Å². The Labute approximate surface area is 138 Å². The largest absolute Gasteiger partial charge is 0.462 e. The van der Waals surface area contributed by atoms with E-state index in [0.29, 0.717) is 10.6 Å². The normalized spacial score (nSPS) is 14.0. The maximum absolute atomic E-state index is 12.2. The van der Waals surface area contributed by atoms with E-state index in [1.807, 2.05) is 0 Å². The van der Waals surface area contributed by atoms with Crippen LogP contribution in [0.3, 0.4) is 0 Å². The molecule has 126 valence electrons. The number of fused-ring (bicyclic) bond motifs is 1. The van der Waals surface area contributed by atoms with Crippen LogP contribution >= 0.6 is 11.3 Å². The molecule has 1 aromatic rings. The summed E-state index contributed by atoms with van der Waals surface area (Å²) < 4.78 is 5.06. The number of ether oxygens (including phenoxy) is 1. The van der Waals surface area contributed by atoms with Gasteiger partial charge < -0.3 is 20.5 Å². The Hall–Kier alpha value is -1.93. The molecule has 0 saturated heterocycles. The second kappa shape index (κ2) is 7.56. The fraction of sp³-hybridized carbons (Fsp3) is 0.533. The Balaban J connectivity index is 2.15. The highest BCUT2D eigenvalue weighted by atomic mass is 32.1. The van der Waals surface area contributed by atoms with E-state index in [9.17, 15) is 14.4 Å². The number of nitrogens with one attached hydrogen (secondary N) is 2. The minimum absolute atomic E-state index is 0.0159. The number of aliphatic hydroxyl groups is 1. The summed E-state index contributed by atoms with van der Waals surface area (Å²) in [5, 5.41) is 14.3. The first kappa shape index (κ1) is 17.4. The number of anilines is 1. The topological polar surface area (TPSA) is 105 Å². The van der Waals surface area contributed by atoms with E-state index in [-0.39, 0.29) is 13.2 Å². The SMILES string of the molecule is CCOC(=O)c1c(NC(=O)C(=O)NC[C@H](C)O)sc2c1CCC2. The Bertz CT molecular complexity index is 624. The minimum atomic E-state index is -0.865. The van der Waals surface area contributed by atoms with Crippen molar-refractivity contribution in [3.63, 3.8) is 0 Å². The summed E-state index contributed by atoms with van der Waals surface area (Å²) in [6.45, 7) is 3.44. The van der Waals surface area contributed by atoms with Crippen molar-refractivity contribution in [1.82, 2.24) is 5.32 Å². The number of carbonyl (C=O) groups excluding carboxylic acids is 3. The standard InChI is InChI=1S/C15H20N2O5S/c1-3-22-15(21)11-9-5-4-6-10(9)23-14(11)17-13(20)12(19)16-7-8(2)18/h8,18H,3-7H2,1-2H3,(H,16,19)(H,17,20)/t8-/m0/s1. The zero-order valence-corrected chi connectivity index (χ0v) is 13.9. The molecule has 1 heterocycles. The van der Waals surface area contributed by atoms with E-state index in [1.54, 1.807) is 6.92 Å². The molecule has 1 aliphatic carbocycles. The number of rotatable bonds is 5. The number of carbonyl (C=O) groups is 3. The molecule has 8 heteroatoms. The molecule has 3 N–H and O–H groups in total. The van der Waals surface area contributed by atoms with Crippen molar-refractivity contribution in [1.29, 1.82) is 0 Å². The lowest BCUT2D eigenvalue weighted by Crippen LogP contribution is -2.38. The van der Waals surface area contributed by atoms with Gasteiger partial charge >= 0.3 is 17.8 Å². The van der Waals surface area contributed by atoms with E-state index in [4.69, 9.17) is 9.84 Å². The number of hydrogen-bond donors (Lipinski definition) is 3. The highest BCUT2D eigenvalue weighted by molar-refractivity contribution is 7.17. The molecule has 2 amide bonds. The average Bonchev–Trinajstić information content (AvgIpc) is 3.04. The van der Waals surface area contributed by atoms with Crippen molar-refractivity contribution in [2.45, 2.75) is 39.2 Å². The van der Waals surface area contributed by atoms with Crippen LogP contribution in [0, 0.1) is 0 Å². The van der Waals surface area contributed by atoms with Gasteiger partial charge in [0.1, 0.15) is 5.00 Å². The number of aryl methyl sites for hydroxylation is 1. The van der Waals surface area contributed by atoms with Gasteiger partial charge in [-0.05, 0) is 38.7 Å². The zero-order chi connectivity index (χ0) is 17.0. The number of esters is 1. The molecule has 0 saturated carbocycles. The van der Waals surface area contributed by atoms with Gasteiger partial charge in [-0.2, -0.15) is 0 Å². The molecule has 1 atom stereocenters. The summed E-state index contributed by atoms with van der Waals surface area (Å²) in [5.74, 6) is -2.20. The highest BCUT2D eigenvalue weighted by Crippen LogP contribution is 2.39. The fourth-order valence-electron chi connectivity index (χ4n) is 2.39. The molecular weight excluding hydrogens is 320 g/mol. The van der Waals surface area contributed by atoms with Gasteiger partial charge in [0.05, 0.1) is 18.3 Å². The summed E-state index contributed by atoms with van der Waals surface area (Å²) in [7, 11) is 0. The Kier molecular flexibility index (Phi) is 5.73. The van der Waals surface area contributed by atoms with Crippen molar-refractivity contribution in [3.8, 4) is 0 Å². The summed E-state index contributed by atoms with van der Waals surface area (Å²) in [6, 6.07) is 0. The fourth-order valence-corrected chi connectivity index (χ4v) is 3.66. The molecule has 1 aliphatic rings. The van der Waals surface area contributed by atoms with Crippen LogP contribution in [0.15, 0.2) is 0 Å². The van der Waals surface area contributed by atoms with Crippen molar-refractivity contribution in [3.05, 3.63) is 16.0 Å². The van der Waals surface area contributed by atoms with Crippen LogP contribution < -0.4 is 10.6 Å². The van der Waals surface area contributed by atoms with E-state index in [0.717, 1.165) is 29.7 Å². The van der Waals surface area contributed by atoms with Crippen molar-refractivity contribution < 1.29 is 24.2 Å². The number of thiophene rings is 1. The highest BCUT2D eigenvalue weighted by Gasteiger charge is 2.29. The summed E-state index contributed by atoms with van der Waals surface area (Å²) in [6.07, 6.45) is 1.85. The Morgan fingerprint density at radius 3 is 2.70 bits per heavy atom. The molecule has 23 heavy (non-hydrogen) atoms. The number of amides is 2. The summed E-state index contributed by atoms with van der Waals surface area (Å²) >= 11 is 1.31. The second-order valence-electron chi connectivity index (χ2n) is 5.30. The van der Waals surface area contributed by atoms with Crippen molar-refractivity contribution in [2.24, 2.45) is 0 Å². The maximum atomic E-state index is 12.2. The van der Waals surface area contributed by atoms with Crippen molar-refractivity contribution >= 4 is 34.1 Å². The molecule has 0 aromatic carbocycles. The number of hydrogen-bond acceptors (Lipinski definition) is 6. The van der Waals surface area contributed by atoms with Crippen LogP contribution in [0.2, 0.25) is 0 Å². The Morgan fingerprint density at radius 2 is 2.04 bits per heavy atom. The molecule has 7 nitrogen and oxygen atoms in total. The molecule has 0 bridgehead atoms. The summed E-state index contributed by atoms with van der Waals surface area (Å²) in [4.78, 5) is 36.8. The summed E-state index contributed by atoms with van der Waals surface area (Å²) in [5.41, 5.74) is 1.27. The molecule has 0 aliphatic heterocycles. The van der Waals surface area contributed by atoms with Gasteiger partial charge in [0.25, 0.3) is 0 Å². The third-order valence-electron chi connectivity index (χ3n) is 3.39. The third-order valence-corrected chi connectivity index (χ3v) is 4.60. The molecule has 0 spiro atoms. The van der Waals surface area contributed by atoms with Gasteiger partial charge in [-0.3, -0.25) is 9.59 Å². The number of aliphatic hydroxyl groups excluding tert-OH is 1. The smallest absolute Gasteiger partial charge is 0.341 e. The molecular formula is C15H20N2O5S. The third kappa shape index (κ3) is 4.08. The lowest BCUT2D eigenvalue weighted by Gasteiger charge is -2.09. The zero-order valence-electron chi connectivity index (χ0n) is 13.1. The molecule has 0 unspecified atom stereocenters. The van der Waals surface area contributed by atoms with E-state index in [2.05, 4.69) is 10.6 Å². The second-order valence-corrected chi connectivity index (χ2v) is 6.40. The first-order valence-electron chi connectivity index (χ1n) is 7.52. The monoisotopic (exact) mass is 340 g/mol. The van der Waals surface area contributed by atoms with Gasteiger partial charge in [-0.25, -0.2) is 4.79 Å². The van der Waals surface area contributed by atoms with Crippen LogP contribution in [0.25, 0.3) is 0 Å². The molecule has 1 aromatic heterocycles. The van der Waals surface area contributed by atoms with E-state index >= 15 is 0 Å². The van der Waals surface area contributed by atoms with Gasteiger partial charge in [0.2, 0.25) is 0 Å². The van der Waals surface area contributed by atoms with Crippen LogP contribution in [0.4, 0.5) is 5.00 Å². The maximum Gasteiger partial charge on any atom is 0.341 e. The minimum Gasteiger partial charge on any atom is -0.462 e. The average molecular weight is 340 g/mol. The van der Waals surface area contributed by atoms with Gasteiger partial charge in [-0.1, -0.05) is 0 Å². The van der Waals surface area contributed by atoms with Crippen LogP contribution in [0.5, 0.6) is 0 Å². The first-order chi connectivity index (χ1) is 10.9. The molecule has 0 radical (unpaired) electrons. The van der Waals surface area contributed by atoms with Gasteiger partial charge in [0, 0.05) is 11.4 Å². The predicted octanol–water partition coefficient (Wildman–Crippen LogP) is 0.849. The lowest BCUT2D eigenvalue weighted by molar-refractivity contribution is -0.136. The van der Waals surface area contributed by atoms with Crippen molar-refractivity contribution in [2.75, 3.05) is 18.5 Å². The van der Waals surface area contributed by atoms with E-state index < -0.39 is 23.9 Å². The molecule has 2 rings (SSSR count). The predicted molar refractivity (Wildman–Crippen MR) is 85.6 cm³/mol. The Morgan fingerprint density at radius 1 is 1.30 bits per heavy atom. The first-order valence-corrected chi connectivity index (χ1v) is 8.34. The van der Waals surface area contributed by atoms with Gasteiger partial charge in [-0.15, -0.1) is 11.3 Å². The van der Waals surface area contributed by atoms with Crippen LogP contribution in [-0.4, -0.2) is 42.1 Å².